The van der Waals surface area contributed by atoms with Crippen LogP contribution in [0.15, 0.2) is 24.5 Å². The Labute approximate surface area is 128 Å². The lowest BCUT2D eigenvalue weighted by molar-refractivity contribution is 0.0718. The molecule has 2 bridgehead atoms. The molecule has 4 rings (SSSR count). The molecule has 2 saturated carbocycles. The zero-order valence-corrected chi connectivity index (χ0v) is 13.0. The highest BCUT2D eigenvalue weighted by Gasteiger charge is 2.42. The van der Waals surface area contributed by atoms with E-state index in [2.05, 4.69) is 26.9 Å². The van der Waals surface area contributed by atoms with Gasteiger partial charge < -0.3 is 4.90 Å². The topological polar surface area (TPSA) is 19.4 Å². The summed E-state index contributed by atoms with van der Waals surface area (Å²) in [5.74, 6) is 2.11. The summed E-state index contributed by atoms with van der Waals surface area (Å²) in [7, 11) is 0. The number of piperazine rings is 1. The van der Waals surface area contributed by atoms with Gasteiger partial charge in [0.05, 0.1) is 0 Å². The van der Waals surface area contributed by atoms with Crippen molar-refractivity contribution in [2.75, 3.05) is 32.7 Å². The van der Waals surface area contributed by atoms with Gasteiger partial charge in [0.2, 0.25) is 0 Å². The van der Waals surface area contributed by atoms with Crippen molar-refractivity contribution in [2.45, 2.75) is 38.1 Å². The summed E-state index contributed by atoms with van der Waals surface area (Å²) in [6.45, 7) is 6.32. The molecule has 0 spiro atoms. The van der Waals surface area contributed by atoms with Gasteiger partial charge in [-0.15, -0.1) is 0 Å². The summed E-state index contributed by atoms with van der Waals surface area (Å²) >= 11 is 0. The van der Waals surface area contributed by atoms with Gasteiger partial charge in [0.25, 0.3) is 0 Å². The number of rotatable bonds is 4. The molecule has 3 nitrogen and oxygen atoms in total. The predicted octanol–water partition coefficient (Wildman–Crippen LogP) is 2.43. The van der Waals surface area contributed by atoms with Crippen molar-refractivity contribution in [3.05, 3.63) is 30.1 Å². The molecule has 1 aromatic heterocycles. The van der Waals surface area contributed by atoms with E-state index in [1.54, 1.807) is 0 Å². The molecule has 0 unspecified atom stereocenters. The molecule has 114 valence electrons. The van der Waals surface area contributed by atoms with E-state index in [1.165, 1.54) is 64.0 Å². The van der Waals surface area contributed by atoms with Crippen LogP contribution in [0, 0.1) is 11.8 Å². The Morgan fingerprint density at radius 1 is 1.00 bits per heavy atom. The van der Waals surface area contributed by atoms with Crippen molar-refractivity contribution in [1.82, 2.24) is 14.8 Å². The normalized spacial score (nSPS) is 33.6. The van der Waals surface area contributed by atoms with E-state index in [9.17, 15) is 0 Å². The summed E-state index contributed by atoms with van der Waals surface area (Å²) in [6, 6.07) is 5.22. The lowest BCUT2D eigenvalue weighted by Crippen LogP contribution is -2.51. The van der Waals surface area contributed by atoms with E-state index in [0.29, 0.717) is 0 Å². The van der Waals surface area contributed by atoms with Crippen molar-refractivity contribution in [3.8, 4) is 0 Å². The zero-order valence-electron chi connectivity index (χ0n) is 13.0. The van der Waals surface area contributed by atoms with Crippen LogP contribution in [0.3, 0.4) is 0 Å². The van der Waals surface area contributed by atoms with E-state index in [1.807, 2.05) is 12.4 Å². The van der Waals surface area contributed by atoms with Gasteiger partial charge >= 0.3 is 0 Å². The molecule has 0 radical (unpaired) electrons. The largest absolute Gasteiger partial charge is 0.300 e. The van der Waals surface area contributed by atoms with Crippen LogP contribution in [0.4, 0.5) is 0 Å². The summed E-state index contributed by atoms with van der Waals surface area (Å²) in [5.41, 5.74) is 1.42. The van der Waals surface area contributed by atoms with Crippen molar-refractivity contribution in [2.24, 2.45) is 11.8 Å². The first-order chi connectivity index (χ1) is 10.4. The van der Waals surface area contributed by atoms with Gasteiger partial charge in [-0.1, -0.05) is 6.42 Å². The van der Waals surface area contributed by atoms with Crippen LogP contribution in [0.1, 0.15) is 31.2 Å². The maximum atomic E-state index is 4.09. The van der Waals surface area contributed by atoms with E-state index in [0.717, 1.165) is 24.3 Å². The fourth-order valence-corrected chi connectivity index (χ4v) is 4.81. The van der Waals surface area contributed by atoms with Gasteiger partial charge in [-0.05, 0) is 55.2 Å². The summed E-state index contributed by atoms with van der Waals surface area (Å²) < 4.78 is 0. The van der Waals surface area contributed by atoms with E-state index in [4.69, 9.17) is 0 Å². The first kappa shape index (κ1) is 13.7. The fourth-order valence-electron chi connectivity index (χ4n) is 4.81. The maximum absolute atomic E-state index is 4.09. The van der Waals surface area contributed by atoms with E-state index < -0.39 is 0 Å². The average Bonchev–Trinajstić information content (AvgIpc) is 3.17. The molecule has 1 aromatic rings. The highest BCUT2D eigenvalue weighted by atomic mass is 15.3. The Hall–Kier alpha value is -0.930. The molecule has 3 atom stereocenters. The maximum Gasteiger partial charge on any atom is 0.0270 e. The second-order valence-corrected chi connectivity index (χ2v) is 7.23. The van der Waals surface area contributed by atoms with Crippen LogP contribution in [0.5, 0.6) is 0 Å². The second kappa shape index (κ2) is 6.05. The smallest absolute Gasteiger partial charge is 0.0270 e. The molecule has 0 aromatic carbocycles. The quantitative estimate of drug-likeness (QED) is 0.847. The van der Waals surface area contributed by atoms with E-state index in [-0.39, 0.29) is 0 Å². The number of hydrogen-bond acceptors (Lipinski definition) is 3. The Morgan fingerprint density at radius 3 is 2.48 bits per heavy atom. The van der Waals surface area contributed by atoms with Crippen molar-refractivity contribution in [3.63, 3.8) is 0 Å². The molecule has 1 saturated heterocycles. The standard InChI is InChI=1S/C18H27N3/c1-2-17-13-16(1)14-18(17)21-11-9-20(10-12-21)8-5-15-3-6-19-7-4-15/h3-4,6-7,16-18H,1-2,5,8-14H2/t16-,17-,18-/m0/s1. The van der Waals surface area contributed by atoms with Crippen LogP contribution in [-0.2, 0) is 6.42 Å². The van der Waals surface area contributed by atoms with Crippen LogP contribution in [-0.4, -0.2) is 53.5 Å². The van der Waals surface area contributed by atoms with Crippen LogP contribution in [0.25, 0.3) is 0 Å². The average molecular weight is 285 g/mol. The monoisotopic (exact) mass is 285 g/mol. The lowest BCUT2D eigenvalue weighted by atomic mass is 9.93. The minimum atomic E-state index is 0.936. The minimum Gasteiger partial charge on any atom is -0.300 e. The zero-order chi connectivity index (χ0) is 14.1. The molecule has 3 aliphatic rings. The number of fused-ring (bicyclic) bond motifs is 2. The molecule has 2 heterocycles. The number of hydrogen-bond donors (Lipinski definition) is 0. The van der Waals surface area contributed by atoms with Gasteiger partial charge in [0.1, 0.15) is 0 Å². The van der Waals surface area contributed by atoms with Crippen molar-refractivity contribution < 1.29 is 0 Å². The van der Waals surface area contributed by atoms with Gasteiger partial charge in [0.15, 0.2) is 0 Å². The molecule has 3 fully saturated rings. The van der Waals surface area contributed by atoms with Crippen LogP contribution < -0.4 is 0 Å². The molecular weight excluding hydrogens is 258 g/mol. The Balaban J connectivity index is 1.24. The number of aromatic nitrogens is 1. The van der Waals surface area contributed by atoms with Gasteiger partial charge in [-0.2, -0.15) is 0 Å². The Bertz CT molecular complexity index is 453. The van der Waals surface area contributed by atoms with Gasteiger partial charge in [0, 0.05) is 51.2 Å². The molecule has 2 aliphatic carbocycles. The molecule has 3 heteroatoms. The highest BCUT2D eigenvalue weighted by molar-refractivity contribution is 5.10. The fraction of sp³-hybridized carbons (Fsp3) is 0.722. The molecule has 21 heavy (non-hydrogen) atoms. The minimum absolute atomic E-state index is 0.936. The molecular formula is C18H27N3. The third-order valence-corrected chi connectivity index (χ3v) is 6.04. The third-order valence-electron chi connectivity index (χ3n) is 6.04. The SMILES string of the molecule is c1cc(CCN2CCN([C@H]3C[C@H]4CC[C@H]3C4)CC2)ccn1. The number of pyridine rings is 1. The summed E-state index contributed by atoms with van der Waals surface area (Å²) in [5, 5.41) is 0. The Kier molecular flexibility index (Phi) is 3.95. The molecule has 0 N–H and O–H groups in total. The summed E-state index contributed by atoms with van der Waals surface area (Å²) in [4.78, 5) is 9.55. The first-order valence-electron chi connectivity index (χ1n) is 8.74. The second-order valence-electron chi connectivity index (χ2n) is 7.23. The Morgan fingerprint density at radius 2 is 1.81 bits per heavy atom. The van der Waals surface area contributed by atoms with Crippen molar-refractivity contribution in [1.29, 1.82) is 0 Å². The first-order valence-corrected chi connectivity index (χ1v) is 8.74. The molecule has 1 aliphatic heterocycles. The van der Waals surface area contributed by atoms with Gasteiger partial charge in [-0.3, -0.25) is 9.88 Å². The van der Waals surface area contributed by atoms with Crippen LogP contribution in [0.2, 0.25) is 0 Å². The lowest BCUT2D eigenvalue weighted by Gasteiger charge is -2.41. The number of nitrogens with zero attached hydrogens (tertiary/aromatic N) is 3. The third kappa shape index (κ3) is 3.00. The highest BCUT2D eigenvalue weighted by Crippen LogP contribution is 2.46. The van der Waals surface area contributed by atoms with Crippen LogP contribution >= 0.6 is 0 Å². The summed E-state index contributed by atoms with van der Waals surface area (Å²) in [6.07, 6.45) is 11.0. The predicted molar refractivity (Wildman–Crippen MR) is 85.2 cm³/mol. The molecule has 0 amide bonds. The van der Waals surface area contributed by atoms with Crippen molar-refractivity contribution >= 4 is 0 Å². The van der Waals surface area contributed by atoms with E-state index >= 15 is 0 Å². The van der Waals surface area contributed by atoms with Gasteiger partial charge in [-0.25, -0.2) is 0 Å².